The van der Waals surface area contributed by atoms with Crippen LogP contribution in [-0.4, -0.2) is 34.7 Å². The number of benzene rings is 2. The molecule has 0 saturated heterocycles. The van der Waals surface area contributed by atoms with Gasteiger partial charge in [-0.1, -0.05) is 36.0 Å². The van der Waals surface area contributed by atoms with Crippen molar-refractivity contribution < 1.29 is 18.3 Å². The summed E-state index contributed by atoms with van der Waals surface area (Å²) in [5.74, 6) is -2.89. The van der Waals surface area contributed by atoms with E-state index >= 15 is 0 Å². The summed E-state index contributed by atoms with van der Waals surface area (Å²) in [6, 6.07) is 11.3. The highest BCUT2D eigenvalue weighted by Gasteiger charge is 2.15. The molecule has 7 nitrogen and oxygen atoms in total. The average molecular weight is 418 g/mol. The number of alkyl halides is 2. The van der Waals surface area contributed by atoms with Crippen LogP contribution in [0.1, 0.15) is 23.0 Å². The van der Waals surface area contributed by atoms with Crippen LogP contribution in [0.2, 0.25) is 0 Å². The smallest absolute Gasteiger partial charge is 0.292 e. The van der Waals surface area contributed by atoms with Gasteiger partial charge in [0.15, 0.2) is 5.69 Å². The first-order valence-corrected chi connectivity index (χ1v) is 9.24. The molecule has 1 amide bonds. The van der Waals surface area contributed by atoms with E-state index in [1.54, 1.807) is 43.3 Å². The lowest BCUT2D eigenvalue weighted by Gasteiger charge is -2.10. The van der Waals surface area contributed by atoms with Gasteiger partial charge in [0, 0.05) is 10.9 Å². The molecule has 29 heavy (non-hydrogen) atoms. The molecule has 0 radical (unpaired) electrons. The van der Waals surface area contributed by atoms with E-state index in [-0.39, 0.29) is 11.4 Å². The number of thioether (sulfide) groups is 1. The van der Waals surface area contributed by atoms with E-state index in [0.29, 0.717) is 38.7 Å². The standard InChI is InChI=1S/C19H16F2N4O3S/c1-10(11-7-8-15(29-19(20)21)14(9-11)28-2)22-25-18(27)16-12-5-3-4-6-13(12)17(26)24-23-16/h3-9,19H,1-2H3,(H,24,26)(H,25,27)/b22-10+. The molecule has 10 heteroatoms. The van der Waals surface area contributed by atoms with Gasteiger partial charge in [0.25, 0.3) is 17.2 Å². The Morgan fingerprint density at radius 1 is 1.24 bits per heavy atom. The summed E-state index contributed by atoms with van der Waals surface area (Å²) in [5.41, 5.74) is 3.03. The van der Waals surface area contributed by atoms with Gasteiger partial charge in [0.1, 0.15) is 5.75 Å². The third kappa shape index (κ3) is 4.60. The first-order chi connectivity index (χ1) is 13.9. The number of fused-ring (bicyclic) bond motifs is 1. The van der Waals surface area contributed by atoms with Gasteiger partial charge in [-0.2, -0.15) is 19.0 Å². The molecule has 3 rings (SSSR count). The number of carbonyl (C=O) groups excluding carboxylic acids is 1. The fourth-order valence-electron chi connectivity index (χ4n) is 2.63. The number of amides is 1. The maximum atomic E-state index is 12.6. The molecule has 0 fully saturated rings. The van der Waals surface area contributed by atoms with E-state index in [0.717, 1.165) is 0 Å². The number of aromatic nitrogens is 2. The van der Waals surface area contributed by atoms with E-state index in [2.05, 4.69) is 20.7 Å². The minimum atomic E-state index is -2.57. The number of methoxy groups -OCH3 is 1. The fourth-order valence-corrected chi connectivity index (χ4v) is 3.22. The monoisotopic (exact) mass is 418 g/mol. The molecule has 0 aliphatic heterocycles. The van der Waals surface area contributed by atoms with Crippen LogP contribution < -0.4 is 15.7 Å². The lowest BCUT2D eigenvalue weighted by atomic mass is 10.1. The largest absolute Gasteiger partial charge is 0.496 e. The SMILES string of the molecule is COc1cc(/C(C)=N/NC(=O)c2n[nH]c(=O)c3ccccc23)ccc1SC(F)F. The Hall–Kier alpha value is -3.27. The highest BCUT2D eigenvalue weighted by Crippen LogP contribution is 2.34. The Bertz CT molecular complexity index is 1150. The van der Waals surface area contributed by atoms with Crippen molar-refractivity contribution in [1.82, 2.24) is 15.6 Å². The highest BCUT2D eigenvalue weighted by atomic mass is 32.2. The Kier molecular flexibility index (Phi) is 6.23. The van der Waals surface area contributed by atoms with Gasteiger partial charge >= 0.3 is 0 Å². The molecule has 1 heterocycles. The number of rotatable bonds is 6. The zero-order chi connectivity index (χ0) is 21.0. The van der Waals surface area contributed by atoms with Crippen LogP contribution in [0.3, 0.4) is 0 Å². The summed E-state index contributed by atoms with van der Waals surface area (Å²) in [4.78, 5) is 24.6. The van der Waals surface area contributed by atoms with Crippen molar-refractivity contribution in [2.24, 2.45) is 5.10 Å². The van der Waals surface area contributed by atoms with Crippen molar-refractivity contribution in [3.63, 3.8) is 0 Å². The Balaban J connectivity index is 1.84. The first kappa shape index (κ1) is 20.5. The van der Waals surface area contributed by atoms with Gasteiger partial charge in [-0.25, -0.2) is 10.5 Å². The molecule has 0 saturated carbocycles. The summed E-state index contributed by atoms with van der Waals surface area (Å²) in [7, 11) is 1.38. The maximum absolute atomic E-state index is 12.6. The van der Waals surface area contributed by atoms with E-state index in [1.807, 2.05) is 0 Å². The molecule has 0 atom stereocenters. The normalized spacial score (nSPS) is 11.7. The third-order valence-electron chi connectivity index (χ3n) is 4.03. The number of nitrogens with zero attached hydrogens (tertiary/aromatic N) is 2. The van der Waals surface area contributed by atoms with E-state index in [1.165, 1.54) is 13.2 Å². The predicted octanol–water partition coefficient (Wildman–Crippen LogP) is 3.40. The van der Waals surface area contributed by atoms with Gasteiger partial charge < -0.3 is 4.74 Å². The number of nitrogens with one attached hydrogen (secondary N) is 2. The van der Waals surface area contributed by atoms with Crippen molar-refractivity contribution in [2.45, 2.75) is 17.6 Å². The number of hydrogen-bond donors (Lipinski definition) is 2. The predicted molar refractivity (Wildman–Crippen MR) is 107 cm³/mol. The van der Waals surface area contributed by atoms with Gasteiger partial charge in [-0.3, -0.25) is 9.59 Å². The van der Waals surface area contributed by atoms with E-state index < -0.39 is 17.2 Å². The van der Waals surface area contributed by atoms with Crippen LogP contribution in [0, 0.1) is 0 Å². The van der Waals surface area contributed by atoms with Crippen LogP contribution in [0.5, 0.6) is 5.75 Å². The number of halogens is 2. The molecule has 0 aliphatic rings. The molecule has 150 valence electrons. The molecule has 2 aromatic carbocycles. The van der Waals surface area contributed by atoms with Crippen molar-refractivity contribution in [1.29, 1.82) is 0 Å². The van der Waals surface area contributed by atoms with Gasteiger partial charge in [0.05, 0.1) is 23.1 Å². The van der Waals surface area contributed by atoms with Crippen LogP contribution in [0.4, 0.5) is 8.78 Å². The van der Waals surface area contributed by atoms with Crippen LogP contribution >= 0.6 is 11.8 Å². The summed E-state index contributed by atoms with van der Waals surface area (Å²) < 4.78 is 30.4. The summed E-state index contributed by atoms with van der Waals surface area (Å²) in [6.45, 7) is 1.65. The molecule has 1 aromatic heterocycles. The molecule has 0 bridgehead atoms. The Labute approximate surface area is 168 Å². The molecule has 0 aliphatic carbocycles. The van der Waals surface area contributed by atoms with Gasteiger partial charge in [-0.15, -0.1) is 0 Å². The second kappa shape index (κ2) is 8.82. The average Bonchev–Trinajstić information content (AvgIpc) is 2.72. The highest BCUT2D eigenvalue weighted by molar-refractivity contribution is 7.99. The third-order valence-corrected chi connectivity index (χ3v) is 4.80. The summed E-state index contributed by atoms with van der Waals surface area (Å²) in [5, 5.41) is 10.9. The lowest BCUT2D eigenvalue weighted by Crippen LogP contribution is -2.23. The quantitative estimate of drug-likeness (QED) is 0.363. The number of H-pyrrole nitrogens is 1. The van der Waals surface area contributed by atoms with Gasteiger partial charge in [-0.05, 0) is 25.1 Å². The zero-order valence-electron chi connectivity index (χ0n) is 15.4. The van der Waals surface area contributed by atoms with Crippen molar-refractivity contribution in [3.05, 3.63) is 64.1 Å². The maximum Gasteiger partial charge on any atom is 0.292 e. The molecule has 0 spiro atoms. The van der Waals surface area contributed by atoms with Crippen LogP contribution in [0.25, 0.3) is 10.8 Å². The van der Waals surface area contributed by atoms with Crippen molar-refractivity contribution in [3.8, 4) is 5.75 Å². The van der Waals surface area contributed by atoms with E-state index in [9.17, 15) is 18.4 Å². The van der Waals surface area contributed by atoms with Crippen molar-refractivity contribution >= 4 is 34.2 Å². The lowest BCUT2D eigenvalue weighted by molar-refractivity contribution is 0.0950. The Morgan fingerprint density at radius 2 is 1.97 bits per heavy atom. The molecule has 3 aromatic rings. The second-order valence-corrected chi connectivity index (χ2v) is 6.86. The number of ether oxygens (including phenoxy) is 1. The summed E-state index contributed by atoms with van der Waals surface area (Å²) >= 11 is 0.383. The Morgan fingerprint density at radius 3 is 2.66 bits per heavy atom. The minimum absolute atomic E-state index is 0.0259. The van der Waals surface area contributed by atoms with Gasteiger partial charge in [0.2, 0.25) is 0 Å². The number of aromatic amines is 1. The molecule has 2 N–H and O–H groups in total. The summed E-state index contributed by atoms with van der Waals surface area (Å²) in [6.07, 6.45) is 0. The first-order valence-electron chi connectivity index (χ1n) is 8.36. The number of hydrogen-bond acceptors (Lipinski definition) is 6. The van der Waals surface area contributed by atoms with Crippen LogP contribution in [0.15, 0.2) is 57.3 Å². The molecular formula is C19H16F2N4O3S. The number of hydrazone groups is 1. The topological polar surface area (TPSA) is 96.4 Å². The van der Waals surface area contributed by atoms with Crippen LogP contribution in [-0.2, 0) is 0 Å². The van der Waals surface area contributed by atoms with Crippen molar-refractivity contribution in [2.75, 3.05) is 7.11 Å². The number of carbonyl (C=O) groups is 1. The second-order valence-electron chi connectivity index (χ2n) is 5.83. The molecular weight excluding hydrogens is 402 g/mol. The zero-order valence-corrected chi connectivity index (χ0v) is 16.2. The minimum Gasteiger partial charge on any atom is -0.496 e. The fraction of sp³-hybridized carbons (Fsp3) is 0.158. The molecule has 0 unspecified atom stereocenters. The van der Waals surface area contributed by atoms with E-state index in [4.69, 9.17) is 4.74 Å².